The summed E-state index contributed by atoms with van der Waals surface area (Å²) in [7, 11) is 0. The van der Waals surface area contributed by atoms with Gasteiger partial charge in [0.05, 0.1) is 0 Å². The summed E-state index contributed by atoms with van der Waals surface area (Å²) in [5.74, 6) is 0.806. The van der Waals surface area contributed by atoms with E-state index in [1.165, 1.54) is 18.4 Å². The van der Waals surface area contributed by atoms with Crippen LogP contribution < -0.4 is 5.73 Å². The first-order valence-electron chi connectivity index (χ1n) is 6.88. The van der Waals surface area contributed by atoms with Gasteiger partial charge in [-0.25, -0.2) is 0 Å². The van der Waals surface area contributed by atoms with Gasteiger partial charge in [-0.2, -0.15) is 0 Å². The van der Waals surface area contributed by atoms with Crippen LogP contribution in [0.3, 0.4) is 0 Å². The van der Waals surface area contributed by atoms with Gasteiger partial charge in [-0.1, -0.05) is 11.6 Å². The number of carbonyl (C=O) groups excluding carboxylic acids is 1. The Kier molecular flexibility index (Phi) is 4.21. The topological polar surface area (TPSA) is 46.3 Å². The molecular formula is C14H24N2O. The lowest BCUT2D eigenvalue weighted by molar-refractivity contribution is -0.129. The van der Waals surface area contributed by atoms with Gasteiger partial charge in [-0.3, -0.25) is 4.79 Å². The molecule has 1 amide bonds. The van der Waals surface area contributed by atoms with Crippen LogP contribution in [-0.4, -0.2) is 29.9 Å². The molecule has 1 heterocycles. The fourth-order valence-corrected chi connectivity index (χ4v) is 2.81. The second-order valence-electron chi connectivity index (χ2n) is 5.53. The predicted molar refractivity (Wildman–Crippen MR) is 69.5 cm³/mol. The third-order valence-electron chi connectivity index (χ3n) is 4.08. The van der Waals surface area contributed by atoms with E-state index in [9.17, 15) is 4.79 Å². The van der Waals surface area contributed by atoms with Gasteiger partial charge < -0.3 is 10.6 Å². The molecule has 0 aromatic carbocycles. The Balaban J connectivity index is 1.82. The molecule has 0 aromatic rings. The van der Waals surface area contributed by atoms with Crippen molar-refractivity contribution in [2.75, 3.05) is 13.1 Å². The highest BCUT2D eigenvalue weighted by molar-refractivity contribution is 5.79. The summed E-state index contributed by atoms with van der Waals surface area (Å²) >= 11 is 0. The van der Waals surface area contributed by atoms with E-state index in [2.05, 4.69) is 6.08 Å². The molecule has 17 heavy (non-hydrogen) atoms. The molecule has 3 nitrogen and oxygen atoms in total. The molecule has 0 saturated carbocycles. The van der Waals surface area contributed by atoms with E-state index in [0.717, 1.165) is 32.4 Å². The van der Waals surface area contributed by atoms with Gasteiger partial charge in [0.25, 0.3) is 0 Å². The standard InChI is InChI=1S/C14H24N2O/c1-11(15)13-7-8-16(10-13)14(17)9-12-5-3-2-4-6-12/h5,11,13H,2-4,6-10,15H2,1H3. The summed E-state index contributed by atoms with van der Waals surface area (Å²) in [5, 5.41) is 0. The highest BCUT2D eigenvalue weighted by Crippen LogP contribution is 2.24. The second kappa shape index (κ2) is 5.67. The van der Waals surface area contributed by atoms with Gasteiger partial charge in [0.15, 0.2) is 0 Å². The Morgan fingerprint density at radius 2 is 2.41 bits per heavy atom. The third kappa shape index (κ3) is 3.32. The minimum atomic E-state index is 0.210. The van der Waals surface area contributed by atoms with Crippen LogP contribution in [0, 0.1) is 5.92 Å². The Hall–Kier alpha value is -0.830. The van der Waals surface area contributed by atoms with Crippen molar-refractivity contribution >= 4 is 5.91 Å². The summed E-state index contributed by atoms with van der Waals surface area (Å²) in [5.41, 5.74) is 7.25. The molecule has 2 atom stereocenters. The molecule has 96 valence electrons. The molecule has 1 saturated heterocycles. The van der Waals surface area contributed by atoms with Crippen LogP contribution in [0.15, 0.2) is 11.6 Å². The first kappa shape index (κ1) is 12.6. The van der Waals surface area contributed by atoms with E-state index in [4.69, 9.17) is 5.73 Å². The lowest BCUT2D eigenvalue weighted by Crippen LogP contribution is -2.33. The second-order valence-corrected chi connectivity index (χ2v) is 5.53. The molecule has 1 aliphatic carbocycles. The molecule has 1 aliphatic heterocycles. The smallest absolute Gasteiger partial charge is 0.226 e. The molecule has 2 rings (SSSR count). The molecule has 3 heteroatoms. The molecule has 0 aromatic heterocycles. The number of carbonyl (C=O) groups is 1. The first-order chi connectivity index (χ1) is 8.16. The van der Waals surface area contributed by atoms with Crippen LogP contribution in [0.25, 0.3) is 0 Å². The zero-order chi connectivity index (χ0) is 12.3. The van der Waals surface area contributed by atoms with E-state index in [1.807, 2.05) is 11.8 Å². The average Bonchev–Trinajstić information content (AvgIpc) is 2.79. The Morgan fingerprint density at radius 1 is 1.59 bits per heavy atom. The van der Waals surface area contributed by atoms with Crippen molar-refractivity contribution in [2.45, 2.75) is 51.5 Å². The van der Waals surface area contributed by atoms with Gasteiger partial charge in [-0.15, -0.1) is 0 Å². The van der Waals surface area contributed by atoms with Gasteiger partial charge in [-0.05, 0) is 44.9 Å². The van der Waals surface area contributed by atoms with Crippen molar-refractivity contribution in [1.82, 2.24) is 4.90 Å². The lowest BCUT2D eigenvalue weighted by atomic mass is 9.97. The number of rotatable bonds is 3. The van der Waals surface area contributed by atoms with E-state index >= 15 is 0 Å². The molecule has 0 radical (unpaired) electrons. The number of hydrogen-bond acceptors (Lipinski definition) is 2. The number of amides is 1. The van der Waals surface area contributed by atoms with Crippen molar-refractivity contribution in [3.05, 3.63) is 11.6 Å². The minimum Gasteiger partial charge on any atom is -0.342 e. The third-order valence-corrected chi connectivity index (χ3v) is 4.08. The Bertz CT molecular complexity index is 309. The fraction of sp³-hybridized carbons (Fsp3) is 0.786. The highest BCUT2D eigenvalue weighted by atomic mass is 16.2. The number of likely N-dealkylation sites (tertiary alicyclic amines) is 1. The monoisotopic (exact) mass is 236 g/mol. The molecule has 2 N–H and O–H groups in total. The zero-order valence-corrected chi connectivity index (χ0v) is 10.8. The average molecular weight is 236 g/mol. The van der Waals surface area contributed by atoms with Gasteiger partial charge in [0.2, 0.25) is 5.91 Å². The van der Waals surface area contributed by atoms with E-state index < -0.39 is 0 Å². The molecule has 0 bridgehead atoms. The largest absolute Gasteiger partial charge is 0.342 e. The summed E-state index contributed by atoms with van der Waals surface area (Å²) in [6.45, 7) is 3.81. The first-order valence-corrected chi connectivity index (χ1v) is 6.88. The van der Waals surface area contributed by atoms with Crippen molar-refractivity contribution in [2.24, 2.45) is 11.7 Å². The van der Waals surface area contributed by atoms with Crippen molar-refractivity contribution in [1.29, 1.82) is 0 Å². The quantitative estimate of drug-likeness (QED) is 0.763. The fourth-order valence-electron chi connectivity index (χ4n) is 2.81. The van der Waals surface area contributed by atoms with E-state index in [0.29, 0.717) is 18.2 Å². The predicted octanol–water partition coefficient (Wildman–Crippen LogP) is 2.07. The number of nitrogens with zero attached hydrogens (tertiary/aromatic N) is 1. The number of hydrogen-bond donors (Lipinski definition) is 1. The van der Waals surface area contributed by atoms with Gasteiger partial charge in [0, 0.05) is 25.6 Å². The maximum atomic E-state index is 12.1. The summed E-state index contributed by atoms with van der Waals surface area (Å²) in [4.78, 5) is 14.1. The minimum absolute atomic E-state index is 0.210. The lowest BCUT2D eigenvalue weighted by Gasteiger charge is -2.20. The van der Waals surface area contributed by atoms with Crippen LogP contribution in [-0.2, 0) is 4.79 Å². The molecule has 2 aliphatic rings. The normalized spacial score (nSPS) is 26.8. The molecule has 1 fully saturated rings. The summed E-state index contributed by atoms with van der Waals surface area (Å²) in [6, 6.07) is 0.210. The van der Waals surface area contributed by atoms with Gasteiger partial charge in [0.1, 0.15) is 0 Å². The van der Waals surface area contributed by atoms with Crippen LogP contribution in [0.1, 0.15) is 45.4 Å². The maximum Gasteiger partial charge on any atom is 0.226 e. The SMILES string of the molecule is CC(N)C1CCN(C(=O)CC2=CCCCC2)C1. The van der Waals surface area contributed by atoms with Crippen molar-refractivity contribution < 1.29 is 4.79 Å². The zero-order valence-electron chi connectivity index (χ0n) is 10.8. The summed E-state index contributed by atoms with van der Waals surface area (Å²) in [6.07, 6.45) is 8.80. The van der Waals surface area contributed by atoms with E-state index in [-0.39, 0.29) is 6.04 Å². The molecule has 2 unspecified atom stereocenters. The van der Waals surface area contributed by atoms with Crippen molar-refractivity contribution in [3.63, 3.8) is 0 Å². The molecule has 0 spiro atoms. The molecular weight excluding hydrogens is 212 g/mol. The highest BCUT2D eigenvalue weighted by Gasteiger charge is 2.28. The van der Waals surface area contributed by atoms with E-state index in [1.54, 1.807) is 0 Å². The van der Waals surface area contributed by atoms with Crippen LogP contribution >= 0.6 is 0 Å². The number of allylic oxidation sites excluding steroid dienone is 1. The van der Waals surface area contributed by atoms with Gasteiger partial charge >= 0.3 is 0 Å². The maximum absolute atomic E-state index is 12.1. The summed E-state index contributed by atoms with van der Waals surface area (Å²) < 4.78 is 0. The van der Waals surface area contributed by atoms with Crippen LogP contribution in [0.5, 0.6) is 0 Å². The Labute approximate surface area is 104 Å². The number of nitrogens with two attached hydrogens (primary N) is 1. The Morgan fingerprint density at radius 3 is 3.00 bits per heavy atom. The van der Waals surface area contributed by atoms with Crippen molar-refractivity contribution in [3.8, 4) is 0 Å². The van der Waals surface area contributed by atoms with Crippen LogP contribution in [0.4, 0.5) is 0 Å². The van der Waals surface area contributed by atoms with Crippen LogP contribution in [0.2, 0.25) is 0 Å².